The maximum atomic E-state index is 15.5. The number of carbonyl (C=O) groups is 16. The number of nitrogens with one attached hydrogen (secondary N) is 9. The molecule has 3 unspecified atom stereocenters. The second-order valence-electron chi connectivity index (χ2n) is 31.9. The molecule has 0 bridgehead atoms. The number of carboxylic acid groups (broad SMARTS) is 2. The van der Waals surface area contributed by atoms with E-state index in [9.17, 15) is 88.2 Å². The third-order valence-electron chi connectivity index (χ3n) is 21.9. The zero-order valence-electron chi connectivity index (χ0n) is 69.3. The standard InChI is InChI=1S/C76H133N15O24/c1-16-38(6)32-39(7)33-40(8)60(98)44(12)65(102)82-47(21-19-28-77)66(103)81-46(24-27-55(94)95)61(99)62(100)73(110)87-57(42(10)43(11)64(80)101)70(107)89-59-63(41(9)37(4)5)115-76(113)53-23-17-18-30-91(53)75(112)50(34-56(96)97)85-71(108)58(45(13)114-15)88-69(106)52(25-26-54(79)93)90(14)74(111)49(31-36(2)3)84-67(104)48(22-20-29-78)83-68(105)51(35-92)86-72(59)109/h36-53,57-63,92,98-100H,16-35,77-78H2,1-15H3,(H2,79,93)(H2,80,101)(H,81,103)(H,82,102)(H,83,105)(H,84,104)(H,85,108)(H,86,109)(H,87,110)(H,88,106)(H,89,107)(H,94,95)(H,96,97)/t38-,39-,40-,41-,42+,43-,44-,45-,46+,47-,48?,49+,50-,51-,52+,53+,57+,58?,59?,60-,61-,62-,63+/m1/s1. The number of aliphatic hydroxyl groups is 4. The number of rotatable bonds is 41. The van der Waals surface area contributed by atoms with Crippen LogP contribution in [0.3, 0.4) is 0 Å². The molecule has 23 atom stereocenters. The molecular formula is C76H133N15O24. The first-order valence-corrected chi connectivity index (χ1v) is 39.9. The number of piperidine rings is 1. The van der Waals surface area contributed by atoms with Crippen molar-refractivity contribution >= 4 is 94.7 Å². The number of hydrogen-bond donors (Lipinski definition) is 19. The molecule has 0 saturated carbocycles. The van der Waals surface area contributed by atoms with E-state index in [4.69, 9.17) is 32.4 Å². The molecule has 39 heteroatoms. The molecule has 0 radical (unpaired) electrons. The Morgan fingerprint density at radius 1 is 0.626 bits per heavy atom. The number of cyclic esters (lactones) is 1. The Balaban J connectivity index is 3.09. The molecule has 23 N–H and O–H groups in total. The Labute approximate surface area is 673 Å². The third-order valence-corrected chi connectivity index (χ3v) is 21.9. The summed E-state index contributed by atoms with van der Waals surface area (Å²) < 4.78 is 11.7. The summed E-state index contributed by atoms with van der Waals surface area (Å²) >= 11 is 0. The molecule has 0 spiro atoms. The fraction of sp³-hybridized carbons (Fsp3) is 0.789. The van der Waals surface area contributed by atoms with E-state index < -0.39 is 266 Å². The number of fused-ring (bicyclic) bond motifs is 1. The van der Waals surface area contributed by atoms with E-state index in [0.29, 0.717) is 12.3 Å². The van der Waals surface area contributed by atoms with E-state index in [1.165, 1.54) is 34.6 Å². The lowest BCUT2D eigenvalue weighted by Crippen LogP contribution is -2.65. The molecule has 0 aromatic carbocycles. The van der Waals surface area contributed by atoms with Crippen molar-refractivity contribution in [1.29, 1.82) is 0 Å². The van der Waals surface area contributed by atoms with Gasteiger partial charge in [-0.15, -0.1) is 0 Å². The van der Waals surface area contributed by atoms with Crippen LogP contribution in [0.1, 0.15) is 193 Å². The number of aliphatic hydroxyl groups excluding tert-OH is 4. The van der Waals surface area contributed by atoms with Crippen molar-refractivity contribution in [2.24, 2.45) is 76.2 Å². The van der Waals surface area contributed by atoms with Crippen LogP contribution >= 0.6 is 0 Å². The molecule has 2 aliphatic heterocycles. The molecule has 13 amide bonds. The Morgan fingerprint density at radius 3 is 1.77 bits per heavy atom. The molecule has 0 aromatic rings. The monoisotopic (exact) mass is 1640 g/mol. The number of carboxylic acids is 2. The fourth-order valence-corrected chi connectivity index (χ4v) is 13.9. The van der Waals surface area contributed by atoms with E-state index in [0.717, 1.165) is 36.8 Å². The summed E-state index contributed by atoms with van der Waals surface area (Å²) in [6.45, 7) is 19.6. The molecule has 2 rings (SSSR count). The summed E-state index contributed by atoms with van der Waals surface area (Å²) in [5.74, 6) is -25.5. The molecule has 0 aromatic heterocycles. The lowest BCUT2D eigenvalue weighted by Gasteiger charge is -2.39. The first kappa shape index (κ1) is 102. The predicted octanol–water partition coefficient (Wildman–Crippen LogP) is -3.49. The van der Waals surface area contributed by atoms with Crippen molar-refractivity contribution in [3.8, 4) is 0 Å². The summed E-state index contributed by atoms with van der Waals surface area (Å²) in [7, 11) is 2.31. The zero-order valence-corrected chi connectivity index (χ0v) is 69.3. The number of carbonyl (C=O) groups excluding carboxylic acids is 14. The molecule has 2 saturated heterocycles. The van der Waals surface area contributed by atoms with Gasteiger partial charge in [0, 0.05) is 39.5 Å². The molecule has 39 nitrogen and oxygen atoms in total. The van der Waals surface area contributed by atoms with Crippen molar-refractivity contribution in [1.82, 2.24) is 57.7 Å². The van der Waals surface area contributed by atoms with Crippen LogP contribution in [0.5, 0.6) is 0 Å². The van der Waals surface area contributed by atoms with Crippen LogP contribution in [0.4, 0.5) is 0 Å². The molecule has 2 heterocycles. The summed E-state index contributed by atoms with van der Waals surface area (Å²) in [5.41, 5.74) is 23.0. The normalized spacial score (nSPS) is 24.5. The average molecular weight is 1640 g/mol. The summed E-state index contributed by atoms with van der Waals surface area (Å²) in [5, 5.41) is 88.2. The number of hydrogen-bond acceptors (Lipinski definition) is 24. The van der Waals surface area contributed by atoms with Crippen LogP contribution in [0.25, 0.3) is 0 Å². The van der Waals surface area contributed by atoms with Gasteiger partial charge >= 0.3 is 17.9 Å². The number of ether oxygens (including phenoxy) is 2. The van der Waals surface area contributed by atoms with E-state index in [2.05, 4.69) is 61.7 Å². The minimum Gasteiger partial charge on any atom is -0.481 e. The number of esters is 1. The summed E-state index contributed by atoms with van der Waals surface area (Å²) in [6.07, 6.45) is -11.2. The molecule has 0 aliphatic carbocycles. The first-order valence-electron chi connectivity index (χ1n) is 39.9. The van der Waals surface area contributed by atoms with Gasteiger partial charge in [0.2, 0.25) is 70.9 Å². The number of methoxy groups -OCH3 is 1. The van der Waals surface area contributed by atoms with Gasteiger partial charge in [-0.3, -0.25) is 71.9 Å². The minimum atomic E-state index is -2.73. The highest BCUT2D eigenvalue weighted by molar-refractivity contribution is 6.00. The van der Waals surface area contributed by atoms with Crippen molar-refractivity contribution < 1.29 is 117 Å². The highest BCUT2D eigenvalue weighted by Gasteiger charge is 2.48. The van der Waals surface area contributed by atoms with E-state index in [1.54, 1.807) is 34.6 Å². The lowest BCUT2D eigenvalue weighted by molar-refractivity contribution is -0.168. The number of nitrogens with zero attached hydrogens (tertiary/aromatic N) is 2. The predicted molar refractivity (Wildman–Crippen MR) is 416 cm³/mol. The number of primary amides is 2. The van der Waals surface area contributed by atoms with Crippen LogP contribution in [-0.4, -0.2) is 273 Å². The number of aliphatic carboxylic acids is 2. The van der Waals surface area contributed by atoms with Crippen LogP contribution in [0, 0.1) is 53.3 Å². The summed E-state index contributed by atoms with van der Waals surface area (Å²) in [6, 6.07) is -20.3. The van der Waals surface area contributed by atoms with Crippen LogP contribution in [0.2, 0.25) is 0 Å². The zero-order chi connectivity index (χ0) is 87.7. The topological polar surface area (TPSA) is 632 Å². The molecular weight excluding hydrogens is 1510 g/mol. The molecule has 656 valence electrons. The van der Waals surface area contributed by atoms with Crippen molar-refractivity contribution in [2.75, 3.05) is 40.4 Å². The first-order chi connectivity index (χ1) is 53.7. The SMILES string of the molecule is CC[C@@H](C)C[C@@H](C)C[C@@H](C)[C@@H](O)[C@@H](C)C(=O)N[C@H](CCCN)C(=O)N[C@@H](CCC(=O)O)[C@@H](O)[C@@H](O)C(=O)N[C@H](C(=O)NC1C(=O)N[C@H](CO)C(=O)NC(CCCN)C(=O)N[C@@H](CC(C)C)C(=O)N(C)[C@@H](CCC(N)=O)C(=O)NC([C@@H](C)OC)C(=O)N[C@H](CC(=O)O)C(=O)N2CCCC[C@H]2C(=O)O[C@H]1[C@H](C)C(C)C)[C@@H](C)[C@@H](C)C(N)=O. The van der Waals surface area contributed by atoms with E-state index >= 15 is 19.2 Å². The smallest absolute Gasteiger partial charge is 0.329 e. The van der Waals surface area contributed by atoms with Gasteiger partial charge in [0.1, 0.15) is 72.6 Å². The molecule has 2 fully saturated rings. The van der Waals surface area contributed by atoms with Gasteiger partial charge in [0.25, 0.3) is 5.91 Å². The van der Waals surface area contributed by atoms with Gasteiger partial charge in [-0.1, -0.05) is 89.5 Å². The Kier molecular flexibility index (Phi) is 44.5. The van der Waals surface area contributed by atoms with Gasteiger partial charge in [0.05, 0.1) is 37.2 Å². The van der Waals surface area contributed by atoms with Gasteiger partial charge in [-0.05, 0) is 138 Å². The Hall–Kier alpha value is -8.76. The lowest BCUT2D eigenvalue weighted by atomic mass is 9.83. The van der Waals surface area contributed by atoms with Crippen molar-refractivity contribution in [3.63, 3.8) is 0 Å². The molecule has 115 heavy (non-hydrogen) atoms. The van der Waals surface area contributed by atoms with Crippen LogP contribution in [0.15, 0.2) is 0 Å². The van der Waals surface area contributed by atoms with E-state index in [1.807, 2.05) is 6.92 Å². The van der Waals surface area contributed by atoms with Gasteiger partial charge in [-0.25, -0.2) is 4.79 Å². The summed E-state index contributed by atoms with van der Waals surface area (Å²) in [4.78, 5) is 230. The van der Waals surface area contributed by atoms with Crippen LogP contribution < -0.4 is 70.8 Å². The second kappa shape index (κ2) is 50.0. The van der Waals surface area contributed by atoms with E-state index in [-0.39, 0.29) is 82.8 Å². The maximum Gasteiger partial charge on any atom is 0.329 e. The number of amides is 13. The Bertz CT molecular complexity index is 3280. The highest BCUT2D eigenvalue weighted by atomic mass is 16.5. The van der Waals surface area contributed by atoms with Gasteiger partial charge in [-0.2, -0.15) is 0 Å². The highest BCUT2D eigenvalue weighted by Crippen LogP contribution is 2.29. The van der Waals surface area contributed by atoms with Crippen LogP contribution in [-0.2, 0) is 86.2 Å². The second-order valence-corrected chi connectivity index (χ2v) is 31.9. The largest absolute Gasteiger partial charge is 0.481 e. The van der Waals surface area contributed by atoms with Gasteiger partial charge < -0.3 is 121 Å². The molecule has 2 aliphatic rings. The fourth-order valence-electron chi connectivity index (χ4n) is 13.9. The quantitative estimate of drug-likeness (QED) is 0.0264. The van der Waals surface area contributed by atoms with Gasteiger partial charge in [0.15, 0.2) is 6.10 Å². The Morgan fingerprint density at radius 2 is 1.23 bits per heavy atom. The minimum absolute atomic E-state index is 0.0130. The van der Waals surface area contributed by atoms with Crippen molar-refractivity contribution in [3.05, 3.63) is 0 Å². The average Bonchev–Trinajstić information content (AvgIpc) is 1.06. The van der Waals surface area contributed by atoms with Crippen molar-refractivity contribution in [2.45, 2.75) is 290 Å². The maximum absolute atomic E-state index is 15.5. The third kappa shape index (κ3) is 32.3. The number of nitrogens with two attached hydrogens (primary N) is 4. The number of likely N-dealkylation sites (N-methyl/N-ethyl adjacent to an activating group) is 1.